The zero-order valence-electron chi connectivity index (χ0n) is 10.8. The molecule has 0 saturated carbocycles. The van der Waals surface area contributed by atoms with E-state index in [-0.39, 0.29) is 17.4 Å². The molecule has 0 aliphatic rings. The molecule has 0 amide bonds. The Balaban J connectivity index is 2.25. The van der Waals surface area contributed by atoms with Gasteiger partial charge in [0, 0.05) is 28.5 Å². The number of aliphatic carboxylic acids is 1. The molecule has 20 heavy (non-hydrogen) atoms. The van der Waals surface area contributed by atoms with Gasteiger partial charge in [0.2, 0.25) is 0 Å². The Morgan fingerprint density at radius 2 is 2.15 bits per heavy atom. The number of hydrogen-bond acceptors (Lipinski definition) is 5. The fourth-order valence-corrected chi connectivity index (χ4v) is 2.84. The van der Waals surface area contributed by atoms with Crippen LogP contribution in [-0.4, -0.2) is 21.4 Å². The van der Waals surface area contributed by atoms with Crippen LogP contribution in [-0.2, 0) is 10.5 Å². The van der Waals surface area contributed by atoms with Crippen LogP contribution in [0.15, 0.2) is 33.5 Å². The number of carboxylic acid groups (broad SMARTS) is 1. The molecule has 0 bridgehead atoms. The second-order valence-electron chi connectivity index (χ2n) is 4.49. The molecule has 0 fully saturated rings. The number of rotatable bonds is 5. The Labute approximate surface area is 119 Å². The van der Waals surface area contributed by atoms with Crippen LogP contribution in [0.5, 0.6) is 5.75 Å². The Hall–Kier alpha value is -1.95. The Kier molecular flexibility index (Phi) is 4.34. The van der Waals surface area contributed by atoms with Gasteiger partial charge in [0.25, 0.3) is 0 Å². The van der Waals surface area contributed by atoms with Gasteiger partial charge in [-0.05, 0) is 17.7 Å². The maximum Gasteiger partial charge on any atom is 0.336 e. The van der Waals surface area contributed by atoms with Gasteiger partial charge in [-0.3, -0.25) is 4.79 Å². The number of benzene rings is 1. The van der Waals surface area contributed by atoms with E-state index in [0.29, 0.717) is 11.3 Å². The van der Waals surface area contributed by atoms with Crippen molar-refractivity contribution in [3.05, 3.63) is 40.2 Å². The highest BCUT2D eigenvalue weighted by molar-refractivity contribution is 7.99. The summed E-state index contributed by atoms with van der Waals surface area (Å²) in [7, 11) is 0. The number of carbonyl (C=O) groups is 1. The smallest absolute Gasteiger partial charge is 0.336 e. The van der Waals surface area contributed by atoms with Crippen LogP contribution in [0, 0.1) is 0 Å². The molecule has 1 aromatic carbocycles. The van der Waals surface area contributed by atoms with Gasteiger partial charge in [0.1, 0.15) is 11.3 Å². The molecule has 1 atom stereocenters. The summed E-state index contributed by atoms with van der Waals surface area (Å²) in [5.41, 5.74) is 0.627. The lowest BCUT2D eigenvalue weighted by molar-refractivity contribution is -0.136. The zero-order valence-corrected chi connectivity index (χ0v) is 11.6. The van der Waals surface area contributed by atoms with Gasteiger partial charge in [-0.1, -0.05) is 6.92 Å². The van der Waals surface area contributed by atoms with Crippen molar-refractivity contribution < 1.29 is 19.4 Å². The first kappa shape index (κ1) is 14.5. The van der Waals surface area contributed by atoms with E-state index in [4.69, 9.17) is 9.52 Å². The van der Waals surface area contributed by atoms with Crippen LogP contribution in [0.25, 0.3) is 11.0 Å². The average Bonchev–Trinajstić information content (AvgIpc) is 2.34. The summed E-state index contributed by atoms with van der Waals surface area (Å²) in [4.78, 5) is 22.1. The molecule has 5 nitrogen and oxygen atoms in total. The Morgan fingerprint density at radius 1 is 1.40 bits per heavy atom. The standard InChI is InChI=1S/C14H14O5S/c1-8(4-13(16)17)20-7-9-5-14(18)19-12-6-10(15)2-3-11(9)12/h2-3,5-6,8,15H,4,7H2,1H3,(H,16,17). The van der Waals surface area contributed by atoms with E-state index in [1.165, 1.54) is 30.0 Å². The third-order valence-electron chi connectivity index (χ3n) is 2.80. The Bertz CT molecular complexity index is 692. The maximum atomic E-state index is 11.5. The number of aromatic hydroxyl groups is 1. The van der Waals surface area contributed by atoms with Gasteiger partial charge in [-0.2, -0.15) is 11.8 Å². The van der Waals surface area contributed by atoms with Crippen molar-refractivity contribution in [2.45, 2.75) is 24.3 Å². The minimum absolute atomic E-state index is 0.0321. The van der Waals surface area contributed by atoms with Gasteiger partial charge in [0.15, 0.2) is 0 Å². The fourth-order valence-electron chi connectivity index (χ4n) is 1.87. The summed E-state index contributed by atoms with van der Waals surface area (Å²) in [5, 5.41) is 18.8. The summed E-state index contributed by atoms with van der Waals surface area (Å²) in [6.07, 6.45) is 0.0742. The van der Waals surface area contributed by atoms with E-state index < -0.39 is 11.6 Å². The van der Waals surface area contributed by atoms with E-state index in [1.807, 2.05) is 6.92 Å². The number of thioether (sulfide) groups is 1. The molecule has 0 saturated heterocycles. The Morgan fingerprint density at radius 3 is 2.85 bits per heavy atom. The lowest BCUT2D eigenvalue weighted by Gasteiger charge is -2.09. The molecule has 106 valence electrons. The first-order chi connectivity index (χ1) is 9.45. The fraction of sp³-hybridized carbons (Fsp3) is 0.286. The molecule has 0 aliphatic heterocycles. The van der Waals surface area contributed by atoms with Gasteiger partial charge in [-0.15, -0.1) is 0 Å². The number of fused-ring (bicyclic) bond motifs is 1. The SMILES string of the molecule is CC(CC(=O)O)SCc1cc(=O)oc2cc(O)ccc12. The molecule has 6 heteroatoms. The number of phenolic OH excluding ortho intramolecular Hbond substituents is 1. The van der Waals surface area contributed by atoms with Gasteiger partial charge in [-0.25, -0.2) is 4.79 Å². The van der Waals surface area contributed by atoms with Crippen LogP contribution >= 0.6 is 11.8 Å². The van der Waals surface area contributed by atoms with Crippen molar-refractivity contribution in [1.29, 1.82) is 0 Å². The number of carboxylic acids is 1. The normalized spacial score (nSPS) is 12.4. The van der Waals surface area contributed by atoms with E-state index >= 15 is 0 Å². The van der Waals surface area contributed by atoms with Gasteiger partial charge < -0.3 is 14.6 Å². The number of hydrogen-bond donors (Lipinski definition) is 2. The molecule has 2 N–H and O–H groups in total. The first-order valence-corrected chi connectivity index (χ1v) is 7.09. The van der Waals surface area contributed by atoms with E-state index in [0.717, 1.165) is 10.9 Å². The highest BCUT2D eigenvalue weighted by Gasteiger charge is 2.11. The third kappa shape index (κ3) is 3.54. The van der Waals surface area contributed by atoms with Crippen LogP contribution in [0.4, 0.5) is 0 Å². The van der Waals surface area contributed by atoms with E-state index in [9.17, 15) is 14.7 Å². The topological polar surface area (TPSA) is 87.7 Å². The van der Waals surface area contributed by atoms with Gasteiger partial charge >= 0.3 is 11.6 Å². The third-order valence-corrected chi connectivity index (χ3v) is 4.01. The first-order valence-electron chi connectivity index (χ1n) is 6.05. The van der Waals surface area contributed by atoms with Crippen molar-refractivity contribution in [3.63, 3.8) is 0 Å². The second kappa shape index (κ2) is 6.00. The summed E-state index contributed by atoms with van der Waals surface area (Å²) in [6.45, 7) is 1.83. The molecule has 0 radical (unpaired) electrons. The van der Waals surface area contributed by atoms with E-state index in [2.05, 4.69) is 0 Å². The largest absolute Gasteiger partial charge is 0.508 e. The molecule has 0 aliphatic carbocycles. The van der Waals surface area contributed by atoms with Crippen molar-refractivity contribution >= 4 is 28.7 Å². The quantitative estimate of drug-likeness (QED) is 0.824. The molecule has 1 aromatic heterocycles. The average molecular weight is 294 g/mol. The molecule has 0 spiro atoms. The molecule has 1 unspecified atom stereocenters. The van der Waals surface area contributed by atoms with Crippen molar-refractivity contribution in [1.82, 2.24) is 0 Å². The molecular weight excluding hydrogens is 280 g/mol. The molecule has 2 rings (SSSR count). The van der Waals surface area contributed by atoms with E-state index in [1.54, 1.807) is 6.07 Å². The van der Waals surface area contributed by atoms with Crippen molar-refractivity contribution in [3.8, 4) is 5.75 Å². The number of phenols is 1. The van der Waals surface area contributed by atoms with Crippen LogP contribution in [0.1, 0.15) is 18.9 Å². The van der Waals surface area contributed by atoms with Crippen LogP contribution < -0.4 is 5.63 Å². The van der Waals surface area contributed by atoms with Crippen LogP contribution in [0.3, 0.4) is 0 Å². The molecular formula is C14H14O5S. The summed E-state index contributed by atoms with van der Waals surface area (Å²) in [6, 6.07) is 6.01. The minimum atomic E-state index is -0.840. The summed E-state index contributed by atoms with van der Waals surface area (Å²) < 4.78 is 5.04. The van der Waals surface area contributed by atoms with Crippen molar-refractivity contribution in [2.75, 3.05) is 0 Å². The minimum Gasteiger partial charge on any atom is -0.508 e. The highest BCUT2D eigenvalue weighted by Crippen LogP contribution is 2.26. The van der Waals surface area contributed by atoms with Crippen LogP contribution in [0.2, 0.25) is 0 Å². The predicted molar refractivity (Wildman–Crippen MR) is 77.2 cm³/mol. The molecule has 1 heterocycles. The zero-order chi connectivity index (χ0) is 14.7. The van der Waals surface area contributed by atoms with Gasteiger partial charge in [0.05, 0.1) is 6.42 Å². The molecule has 2 aromatic rings. The highest BCUT2D eigenvalue weighted by atomic mass is 32.2. The lowest BCUT2D eigenvalue weighted by atomic mass is 10.1. The lowest BCUT2D eigenvalue weighted by Crippen LogP contribution is -2.06. The summed E-state index contributed by atoms with van der Waals surface area (Å²) >= 11 is 1.46. The maximum absolute atomic E-state index is 11.5. The second-order valence-corrected chi connectivity index (χ2v) is 5.92. The van der Waals surface area contributed by atoms with Crippen molar-refractivity contribution in [2.24, 2.45) is 0 Å². The monoisotopic (exact) mass is 294 g/mol. The predicted octanol–water partition coefficient (Wildman–Crippen LogP) is 2.60. The summed E-state index contributed by atoms with van der Waals surface area (Å²) in [5.74, 6) is -0.293.